The van der Waals surface area contributed by atoms with Gasteiger partial charge in [0, 0.05) is 19.6 Å². The minimum absolute atomic E-state index is 0.366. The molecule has 0 saturated carbocycles. The van der Waals surface area contributed by atoms with Crippen LogP contribution in [0.1, 0.15) is 35.7 Å². The summed E-state index contributed by atoms with van der Waals surface area (Å²) in [6, 6.07) is 8.67. The van der Waals surface area contributed by atoms with Gasteiger partial charge in [-0.25, -0.2) is 4.68 Å². The summed E-state index contributed by atoms with van der Waals surface area (Å²) in [6.07, 6.45) is 2.35. The third-order valence-corrected chi connectivity index (χ3v) is 4.62. The van der Waals surface area contributed by atoms with Gasteiger partial charge >= 0.3 is 0 Å². The number of methoxy groups -OCH3 is 2. The highest BCUT2D eigenvalue weighted by Crippen LogP contribution is 2.39. The first-order valence-corrected chi connectivity index (χ1v) is 8.08. The highest BCUT2D eigenvalue weighted by molar-refractivity contribution is 5.35. The average Bonchev–Trinajstić information content (AvgIpc) is 3.10. The van der Waals surface area contributed by atoms with Crippen molar-refractivity contribution < 1.29 is 9.47 Å². The van der Waals surface area contributed by atoms with E-state index in [4.69, 9.17) is 9.47 Å². The summed E-state index contributed by atoms with van der Waals surface area (Å²) in [7, 11) is 5.37. The lowest BCUT2D eigenvalue weighted by Gasteiger charge is -2.25. The van der Waals surface area contributed by atoms with Crippen molar-refractivity contribution in [2.24, 2.45) is 7.05 Å². The molecular formula is C18H25N3O2. The van der Waals surface area contributed by atoms with E-state index in [-0.39, 0.29) is 0 Å². The van der Waals surface area contributed by atoms with Gasteiger partial charge < -0.3 is 9.47 Å². The minimum atomic E-state index is 0.366. The Kier molecular flexibility index (Phi) is 4.57. The highest BCUT2D eigenvalue weighted by atomic mass is 16.5. The van der Waals surface area contributed by atoms with Crippen LogP contribution in [0, 0.1) is 6.92 Å². The molecule has 0 spiro atoms. The van der Waals surface area contributed by atoms with Crippen LogP contribution in [0.4, 0.5) is 0 Å². The van der Waals surface area contributed by atoms with Crippen LogP contribution in [-0.2, 0) is 13.6 Å². The second kappa shape index (κ2) is 6.62. The van der Waals surface area contributed by atoms with Crippen molar-refractivity contribution in [2.75, 3.05) is 20.8 Å². The Bertz CT molecular complexity index is 681. The SMILES string of the molecule is COc1cccc(CN2CCC[C@H]2c2c(C)nn(C)c2OC)c1. The molecule has 124 valence electrons. The number of nitrogens with zero attached hydrogens (tertiary/aromatic N) is 3. The standard InChI is InChI=1S/C18H25N3O2/c1-13-17(18(23-4)20(2)19-13)16-9-6-10-21(16)12-14-7-5-8-15(11-14)22-3/h5,7-8,11,16H,6,9-10,12H2,1-4H3/t16-/m0/s1. The number of benzene rings is 1. The van der Waals surface area contributed by atoms with Gasteiger partial charge in [-0.15, -0.1) is 0 Å². The summed E-state index contributed by atoms with van der Waals surface area (Å²) in [5.41, 5.74) is 3.57. The fraction of sp³-hybridized carbons (Fsp3) is 0.500. The molecule has 0 aliphatic carbocycles. The van der Waals surface area contributed by atoms with Crippen molar-refractivity contribution in [1.29, 1.82) is 0 Å². The predicted molar refractivity (Wildman–Crippen MR) is 89.9 cm³/mol. The maximum absolute atomic E-state index is 5.60. The van der Waals surface area contributed by atoms with Gasteiger partial charge in [-0.1, -0.05) is 12.1 Å². The number of aryl methyl sites for hydroxylation is 2. The quantitative estimate of drug-likeness (QED) is 0.850. The molecule has 1 atom stereocenters. The Morgan fingerprint density at radius 2 is 2.09 bits per heavy atom. The van der Waals surface area contributed by atoms with Crippen LogP contribution in [0.3, 0.4) is 0 Å². The number of likely N-dealkylation sites (tertiary alicyclic amines) is 1. The fourth-order valence-electron chi connectivity index (χ4n) is 3.63. The zero-order chi connectivity index (χ0) is 16.4. The van der Waals surface area contributed by atoms with Gasteiger partial charge in [0.25, 0.3) is 0 Å². The molecule has 1 fully saturated rings. The Morgan fingerprint density at radius 3 is 2.83 bits per heavy atom. The zero-order valence-corrected chi connectivity index (χ0v) is 14.4. The molecule has 0 amide bonds. The minimum Gasteiger partial charge on any atom is -0.497 e. The summed E-state index contributed by atoms with van der Waals surface area (Å²) >= 11 is 0. The topological polar surface area (TPSA) is 39.5 Å². The van der Waals surface area contributed by atoms with E-state index in [0.29, 0.717) is 6.04 Å². The number of ether oxygens (including phenoxy) is 2. The molecule has 0 N–H and O–H groups in total. The Balaban J connectivity index is 1.86. The fourth-order valence-corrected chi connectivity index (χ4v) is 3.63. The molecule has 2 aromatic rings. The normalized spacial score (nSPS) is 18.3. The molecule has 5 heteroatoms. The molecule has 1 aromatic heterocycles. The molecule has 23 heavy (non-hydrogen) atoms. The summed E-state index contributed by atoms with van der Waals surface area (Å²) in [6.45, 7) is 4.08. The van der Waals surface area contributed by atoms with E-state index in [1.165, 1.54) is 17.5 Å². The first-order chi connectivity index (χ1) is 11.1. The smallest absolute Gasteiger partial charge is 0.216 e. The molecule has 0 bridgehead atoms. The molecular weight excluding hydrogens is 290 g/mol. The van der Waals surface area contributed by atoms with Gasteiger partial charge in [-0.2, -0.15) is 5.10 Å². The van der Waals surface area contributed by atoms with Gasteiger partial charge in [0.15, 0.2) is 0 Å². The van der Waals surface area contributed by atoms with Crippen LogP contribution >= 0.6 is 0 Å². The van der Waals surface area contributed by atoms with Crippen LogP contribution in [0.5, 0.6) is 11.6 Å². The van der Waals surface area contributed by atoms with E-state index in [1.54, 1.807) is 14.2 Å². The molecule has 1 aromatic carbocycles. The van der Waals surface area contributed by atoms with Crippen molar-refractivity contribution in [3.8, 4) is 11.6 Å². The van der Waals surface area contributed by atoms with E-state index in [1.807, 2.05) is 17.8 Å². The number of hydrogen-bond acceptors (Lipinski definition) is 4. The first kappa shape index (κ1) is 15.9. The Hall–Kier alpha value is -2.01. The molecule has 1 aliphatic heterocycles. The lowest BCUT2D eigenvalue weighted by Crippen LogP contribution is -2.23. The summed E-state index contributed by atoms with van der Waals surface area (Å²) < 4.78 is 12.8. The van der Waals surface area contributed by atoms with Crippen LogP contribution in [0.15, 0.2) is 24.3 Å². The lowest BCUT2D eigenvalue weighted by atomic mass is 10.0. The third kappa shape index (κ3) is 3.06. The maximum Gasteiger partial charge on any atom is 0.216 e. The molecule has 0 unspecified atom stereocenters. The summed E-state index contributed by atoms with van der Waals surface area (Å²) in [5, 5.41) is 4.54. The van der Waals surface area contributed by atoms with E-state index in [0.717, 1.165) is 36.8 Å². The van der Waals surface area contributed by atoms with Crippen molar-refractivity contribution in [1.82, 2.24) is 14.7 Å². The van der Waals surface area contributed by atoms with E-state index in [9.17, 15) is 0 Å². The number of hydrogen-bond donors (Lipinski definition) is 0. The van der Waals surface area contributed by atoms with Gasteiger partial charge in [-0.3, -0.25) is 4.90 Å². The molecule has 1 saturated heterocycles. The number of rotatable bonds is 5. The van der Waals surface area contributed by atoms with Gasteiger partial charge in [-0.05, 0) is 44.0 Å². The Morgan fingerprint density at radius 1 is 1.26 bits per heavy atom. The molecule has 0 radical (unpaired) electrons. The first-order valence-electron chi connectivity index (χ1n) is 8.08. The second-order valence-electron chi connectivity index (χ2n) is 6.11. The monoisotopic (exact) mass is 315 g/mol. The zero-order valence-electron chi connectivity index (χ0n) is 14.4. The van der Waals surface area contributed by atoms with E-state index >= 15 is 0 Å². The maximum atomic E-state index is 5.60. The molecule has 2 heterocycles. The van der Waals surface area contributed by atoms with E-state index in [2.05, 4.69) is 35.1 Å². The van der Waals surface area contributed by atoms with Crippen LogP contribution in [-0.4, -0.2) is 35.4 Å². The molecule has 3 rings (SSSR count). The van der Waals surface area contributed by atoms with Crippen molar-refractivity contribution in [3.05, 3.63) is 41.1 Å². The Labute approximate surface area is 137 Å². The van der Waals surface area contributed by atoms with E-state index < -0.39 is 0 Å². The molecule has 5 nitrogen and oxygen atoms in total. The average molecular weight is 315 g/mol. The van der Waals surface area contributed by atoms with Gasteiger partial charge in [0.05, 0.1) is 25.5 Å². The third-order valence-electron chi connectivity index (χ3n) is 4.62. The molecule has 1 aliphatic rings. The predicted octanol–water partition coefficient (Wildman–Crippen LogP) is 3.08. The largest absolute Gasteiger partial charge is 0.497 e. The van der Waals surface area contributed by atoms with Crippen molar-refractivity contribution >= 4 is 0 Å². The van der Waals surface area contributed by atoms with Gasteiger partial charge in [0.2, 0.25) is 5.88 Å². The van der Waals surface area contributed by atoms with Crippen LogP contribution in [0.25, 0.3) is 0 Å². The second-order valence-corrected chi connectivity index (χ2v) is 6.11. The summed E-state index contributed by atoms with van der Waals surface area (Å²) in [5.74, 6) is 1.79. The van der Waals surface area contributed by atoms with Crippen LogP contribution in [0.2, 0.25) is 0 Å². The lowest BCUT2D eigenvalue weighted by molar-refractivity contribution is 0.240. The van der Waals surface area contributed by atoms with Crippen molar-refractivity contribution in [2.45, 2.75) is 32.4 Å². The van der Waals surface area contributed by atoms with Crippen LogP contribution < -0.4 is 9.47 Å². The highest BCUT2D eigenvalue weighted by Gasteiger charge is 2.32. The van der Waals surface area contributed by atoms with Crippen molar-refractivity contribution in [3.63, 3.8) is 0 Å². The van der Waals surface area contributed by atoms with Gasteiger partial charge in [0.1, 0.15) is 5.75 Å². The number of aromatic nitrogens is 2. The summed E-state index contributed by atoms with van der Waals surface area (Å²) in [4.78, 5) is 2.52.